The number of hydrogen-bond acceptors (Lipinski definition) is 5. The van der Waals surface area contributed by atoms with Crippen molar-refractivity contribution in [2.24, 2.45) is 0 Å². The van der Waals surface area contributed by atoms with Crippen LogP contribution in [0.2, 0.25) is 0 Å². The molecule has 1 N–H and O–H groups in total. The Morgan fingerprint density at radius 2 is 1.94 bits per heavy atom. The van der Waals surface area contributed by atoms with E-state index < -0.39 is 0 Å². The highest BCUT2D eigenvalue weighted by Crippen LogP contribution is 2.38. The Bertz CT molecular complexity index is 1070. The van der Waals surface area contributed by atoms with Crippen LogP contribution in [0.15, 0.2) is 60.0 Å². The van der Waals surface area contributed by atoms with Crippen molar-refractivity contribution in [3.63, 3.8) is 0 Å². The van der Waals surface area contributed by atoms with E-state index in [4.69, 9.17) is 9.47 Å². The third kappa shape index (κ3) is 4.36. The van der Waals surface area contributed by atoms with Crippen LogP contribution in [-0.2, 0) is 4.79 Å². The fourth-order valence-electron chi connectivity index (χ4n) is 4.46. The molecule has 0 radical (unpaired) electrons. The van der Waals surface area contributed by atoms with Gasteiger partial charge in [-0.2, -0.15) is 0 Å². The van der Waals surface area contributed by atoms with Gasteiger partial charge in [0.25, 0.3) is 0 Å². The zero-order valence-corrected chi connectivity index (χ0v) is 18.4. The first-order chi connectivity index (χ1) is 15.7. The standard InChI is InChI=1S/C25H25FN2O3S/c26-19-8-5-17(6-9-19)25(23-4-2-14-32-23)27-16-24(29)28-11-1-3-20(28)18-7-10-21-22(15-18)31-13-12-30-21/h2,4-10,14-15,20,25,27H,1,3,11-13,16H2/t20-,25-/m0/s1. The highest BCUT2D eigenvalue weighted by atomic mass is 32.1. The lowest BCUT2D eigenvalue weighted by atomic mass is 10.0. The van der Waals surface area contributed by atoms with Crippen molar-refractivity contribution < 1.29 is 18.7 Å². The van der Waals surface area contributed by atoms with Crippen LogP contribution in [0, 0.1) is 5.82 Å². The Morgan fingerprint density at radius 3 is 2.72 bits per heavy atom. The first kappa shape index (κ1) is 21.0. The molecule has 0 spiro atoms. The number of halogens is 1. The fourth-order valence-corrected chi connectivity index (χ4v) is 5.29. The van der Waals surface area contributed by atoms with Gasteiger partial charge in [-0.05, 0) is 59.7 Å². The van der Waals surface area contributed by atoms with Crippen molar-refractivity contribution in [1.29, 1.82) is 0 Å². The molecule has 1 fully saturated rings. The minimum absolute atomic E-state index is 0.0335. The van der Waals surface area contributed by atoms with Gasteiger partial charge in [0, 0.05) is 11.4 Å². The SMILES string of the molecule is O=C(CN[C@@H](c1ccc(F)cc1)c1cccs1)N1CCC[C@H]1c1ccc2c(c1)OCCO2. The van der Waals surface area contributed by atoms with Crippen LogP contribution in [0.1, 0.15) is 40.9 Å². The number of hydrogen-bond donors (Lipinski definition) is 1. The molecular weight excluding hydrogens is 427 g/mol. The summed E-state index contributed by atoms with van der Waals surface area (Å²) in [5, 5.41) is 5.42. The molecule has 3 heterocycles. The van der Waals surface area contributed by atoms with Gasteiger partial charge in [-0.3, -0.25) is 10.1 Å². The molecule has 3 aromatic rings. The molecular formula is C25H25FN2O3S. The first-order valence-electron chi connectivity index (χ1n) is 10.9. The number of likely N-dealkylation sites (tertiary alicyclic amines) is 1. The van der Waals surface area contributed by atoms with E-state index in [0.29, 0.717) is 13.2 Å². The molecule has 7 heteroatoms. The summed E-state index contributed by atoms with van der Waals surface area (Å²) in [5.41, 5.74) is 2.01. The lowest BCUT2D eigenvalue weighted by Crippen LogP contribution is -2.39. The summed E-state index contributed by atoms with van der Waals surface area (Å²) < 4.78 is 24.8. The predicted molar refractivity (Wildman–Crippen MR) is 122 cm³/mol. The minimum Gasteiger partial charge on any atom is -0.486 e. The topological polar surface area (TPSA) is 50.8 Å². The van der Waals surface area contributed by atoms with Crippen molar-refractivity contribution >= 4 is 17.2 Å². The molecule has 0 bridgehead atoms. The van der Waals surface area contributed by atoms with Crippen LogP contribution in [0.4, 0.5) is 4.39 Å². The number of fused-ring (bicyclic) bond motifs is 1. The van der Waals surface area contributed by atoms with Gasteiger partial charge in [0.2, 0.25) is 5.91 Å². The average molecular weight is 453 g/mol. The molecule has 2 aliphatic heterocycles. The molecule has 166 valence electrons. The highest BCUT2D eigenvalue weighted by Gasteiger charge is 2.31. The fraction of sp³-hybridized carbons (Fsp3) is 0.320. The number of carbonyl (C=O) groups excluding carboxylic acids is 1. The Balaban J connectivity index is 1.30. The van der Waals surface area contributed by atoms with Gasteiger partial charge >= 0.3 is 0 Å². The molecule has 2 aliphatic rings. The third-order valence-electron chi connectivity index (χ3n) is 6.01. The van der Waals surface area contributed by atoms with Crippen LogP contribution in [0.5, 0.6) is 11.5 Å². The molecule has 5 rings (SSSR count). The minimum atomic E-state index is -0.269. The van der Waals surface area contributed by atoms with E-state index in [0.717, 1.165) is 46.9 Å². The van der Waals surface area contributed by atoms with Crippen LogP contribution in [0.25, 0.3) is 0 Å². The van der Waals surface area contributed by atoms with Crippen molar-refractivity contribution in [2.75, 3.05) is 26.3 Å². The van der Waals surface area contributed by atoms with Gasteiger partial charge < -0.3 is 14.4 Å². The molecule has 1 aromatic heterocycles. The van der Waals surface area contributed by atoms with Crippen LogP contribution < -0.4 is 14.8 Å². The van der Waals surface area contributed by atoms with E-state index in [2.05, 4.69) is 5.32 Å². The molecule has 0 aliphatic carbocycles. The maximum Gasteiger partial charge on any atom is 0.237 e. The first-order valence-corrected chi connectivity index (χ1v) is 11.8. The molecule has 2 aromatic carbocycles. The quantitative estimate of drug-likeness (QED) is 0.589. The third-order valence-corrected chi connectivity index (χ3v) is 6.95. The molecule has 32 heavy (non-hydrogen) atoms. The van der Waals surface area contributed by atoms with E-state index in [1.54, 1.807) is 23.5 Å². The predicted octanol–water partition coefficient (Wildman–Crippen LogP) is 4.70. The number of ether oxygens (including phenoxy) is 2. The van der Waals surface area contributed by atoms with E-state index in [1.807, 2.05) is 40.6 Å². The van der Waals surface area contributed by atoms with Crippen molar-refractivity contribution in [3.05, 3.63) is 81.8 Å². The number of rotatable bonds is 6. The van der Waals surface area contributed by atoms with Crippen LogP contribution in [-0.4, -0.2) is 37.1 Å². The summed E-state index contributed by atoms with van der Waals surface area (Å²) in [6.07, 6.45) is 1.90. The van der Waals surface area contributed by atoms with Gasteiger partial charge in [-0.15, -0.1) is 11.3 Å². The van der Waals surface area contributed by atoms with Crippen molar-refractivity contribution in [3.8, 4) is 11.5 Å². The monoisotopic (exact) mass is 452 g/mol. The van der Waals surface area contributed by atoms with Crippen molar-refractivity contribution in [1.82, 2.24) is 10.2 Å². The molecule has 0 unspecified atom stereocenters. The van der Waals surface area contributed by atoms with Gasteiger partial charge in [0.1, 0.15) is 19.0 Å². The number of nitrogens with one attached hydrogen (secondary N) is 1. The number of thiophene rings is 1. The maximum atomic E-state index is 13.4. The number of amides is 1. The lowest BCUT2D eigenvalue weighted by molar-refractivity contribution is -0.131. The lowest BCUT2D eigenvalue weighted by Gasteiger charge is -2.28. The number of nitrogens with zero attached hydrogens (tertiary/aromatic N) is 1. The Labute approximate surface area is 190 Å². The van der Waals surface area contributed by atoms with Gasteiger partial charge in [0.15, 0.2) is 11.5 Å². The zero-order chi connectivity index (χ0) is 21.9. The second-order valence-corrected chi connectivity index (χ2v) is 9.01. The summed E-state index contributed by atoms with van der Waals surface area (Å²) >= 11 is 1.62. The second-order valence-electron chi connectivity index (χ2n) is 8.03. The number of carbonyl (C=O) groups is 1. The molecule has 5 nitrogen and oxygen atoms in total. The molecule has 1 saturated heterocycles. The summed E-state index contributed by atoms with van der Waals surface area (Å²) in [7, 11) is 0. The van der Waals surface area contributed by atoms with E-state index >= 15 is 0 Å². The smallest absolute Gasteiger partial charge is 0.237 e. The Hall–Kier alpha value is -2.90. The van der Waals surface area contributed by atoms with E-state index in [9.17, 15) is 9.18 Å². The summed E-state index contributed by atoms with van der Waals surface area (Å²) in [6.45, 7) is 2.05. The van der Waals surface area contributed by atoms with Gasteiger partial charge in [0.05, 0.1) is 18.6 Å². The molecule has 2 atom stereocenters. The normalized spacial score (nSPS) is 18.5. The van der Waals surface area contributed by atoms with Gasteiger partial charge in [-0.25, -0.2) is 4.39 Å². The van der Waals surface area contributed by atoms with Crippen LogP contribution in [0.3, 0.4) is 0 Å². The maximum absolute atomic E-state index is 13.4. The van der Waals surface area contributed by atoms with Crippen LogP contribution >= 0.6 is 11.3 Å². The largest absolute Gasteiger partial charge is 0.486 e. The second kappa shape index (κ2) is 9.30. The summed E-state index contributed by atoms with van der Waals surface area (Å²) in [5.74, 6) is 1.30. The van der Waals surface area contributed by atoms with E-state index in [-0.39, 0.29) is 30.4 Å². The Morgan fingerprint density at radius 1 is 1.12 bits per heavy atom. The summed E-state index contributed by atoms with van der Waals surface area (Å²) in [6, 6.07) is 16.3. The molecule has 0 saturated carbocycles. The van der Waals surface area contributed by atoms with Gasteiger partial charge in [-0.1, -0.05) is 24.3 Å². The Kier molecular flexibility index (Phi) is 6.10. The number of benzene rings is 2. The molecule has 1 amide bonds. The zero-order valence-electron chi connectivity index (χ0n) is 17.6. The van der Waals surface area contributed by atoms with E-state index in [1.165, 1.54) is 12.1 Å². The summed E-state index contributed by atoms with van der Waals surface area (Å²) in [4.78, 5) is 16.3. The highest BCUT2D eigenvalue weighted by molar-refractivity contribution is 7.10. The average Bonchev–Trinajstić information content (AvgIpc) is 3.52. The van der Waals surface area contributed by atoms with Crippen molar-refractivity contribution in [2.45, 2.75) is 24.9 Å².